The summed E-state index contributed by atoms with van der Waals surface area (Å²) in [6, 6.07) is 0. The monoisotopic (exact) mass is 217 g/mol. The quantitative estimate of drug-likeness (QED) is 0.501. The Kier molecular flexibility index (Phi) is 5.81. The molecule has 0 aliphatic heterocycles. The Bertz CT molecular complexity index is 188. The Morgan fingerprint density at radius 3 is 2.71 bits per heavy atom. The van der Waals surface area contributed by atoms with Gasteiger partial charge in [0.1, 0.15) is 12.9 Å². The van der Waals surface area contributed by atoms with Gasteiger partial charge in [-0.2, -0.15) is 0 Å². The van der Waals surface area contributed by atoms with Gasteiger partial charge in [-0.25, -0.2) is 4.52 Å². The molecule has 4 heteroatoms. The number of hydrogen-bond donors (Lipinski definition) is 0. The molecular formula is C10H18O3P+. The molecule has 0 radical (unpaired) electrons. The van der Waals surface area contributed by atoms with Crippen molar-refractivity contribution >= 4 is 8.25 Å². The maximum absolute atomic E-state index is 10.9. The largest absolute Gasteiger partial charge is 0.749 e. The lowest BCUT2D eigenvalue weighted by atomic mass is 9.87. The molecule has 80 valence electrons. The van der Waals surface area contributed by atoms with Crippen LogP contribution in [0.5, 0.6) is 0 Å². The minimum absolute atomic E-state index is 0.535. The van der Waals surface area contributed by atoms with Gasteiger partial charge in [0.05, 0.1) is 0 Å². The predicted molar refractivity (Wildman–Crippen MR) is 56.0 cm³/mol. The van der Waals surface area contributed by atoms with Crippen LogP contribution in [0.4, 0.5) is 0 Å². The van der Waals surface area contributed by atoms with Gasteiger partial charge in [-0.3, -0.25) is 0 Å². The van der Waals surface area contributed by atoms with Crippen molar-refractivity contribution in [1.82, 2.24) is 0 Å². The van der Waals surface area contributed by atoms with Crippen molar-refractivity contribution in [2.45, 2.75) is 38.5 Å². The molecule has 0 aromatic carbocycles. The van der Waals surface area contributed by atoms with E-state index in [0.717, 1.165) is 18.6 Å². The molecule has 1 aliphatic rings. The lowest BCUT2D eigenvalue weighted by Crippen LogP contribution is -2.08. The van der Waals surface area contributed by atoms with Gasteiger partial charge in [0.15, 0.2) is 0 Å². The minimum Gasteiger partial charge on any atom is -0.238 e. The maximum atomic E-state index is 10.9. The van der Waals surface area contributed by atoms with Crippen molar-refractivity contribution in [3.8, 4) is 0 Å². The molecule has 1 saturated carbocycles. The van der Waals surface area contributed by atoms with Gasteiger partial charge < -0.3 is 0 Å². The first-order valence-corrected chi connectivity index (χ1v) is 6.30. The van der Waals surface area contributed by atoms with Crippen molar-refractivity contribution in [2.75, 3.05) is 6.61 Å². The van der Waals surface area contributed by atoms with Gasteiger partial charge in [0, 0.05) is 4.57 Å². The molecule has 1 unspecified atom stereocenters. The third-order valence-corrected chi connectivity index (χ3v) is 3.32. The second-order valence-electron chi connectivity index (χ2n) is 3.62. The fourth-order valence-electron chi connectivity index (χ4n) is 1.86. The third kappa shape index (κ3) is 4.73. The zero-order valence-corrected chi connectivity index (χ0v) is 9.38. The number of rotatable bonds is 6. The number of hydrogen-bond acceptors (Lipinski definition) is 3. The Morgan fingerprint density at radius 1 is 1.36 bits per heavy atom. The van der Waals surface area contributed by atoms with E-state index in [9.17, 15) is 4.57 Å². The third-order valence-electron chi connectivity index (χ3n) is 2.61. The second kappa shape index (κ2) is 6.97. The molecule has 1 aliphatic carbocycles. The highest BCUT2D eigenvalue weighted by molar-refractivity contribution is 7.33. The summed E-state index contributed by atoms with van der Waals surface area (Å²) in [5, 5.41) is 0. The van der Waals surface area contributed by atoms with Gasteiger partial charge in [0.2, 0.25) is 0 Å². The van der Waals surface area contributed by atoms with Gasteiger partial charge in [-0.15, -0.1) is 4.52 Å². The molecule has 0 saturated heterocycles. The molecule has 0 aromatic rings. The van der Waals surface area contributed by atoms with Crippen molar-refractivity contribution in [2.24, 2.45) is 5.92 Å². The predicted octanol–water partition coefficient (Wildman–Crippen LogP) is 3.79. The van der Waals surface area contributed by atoms with Gasteiger partial charge >= 0.3 is 8.25 Å². The molecule has 14 heavy (non-hydrogen) atoms. The van der Waals surface area contributed by atoms with Gasteiger partial charge in [0.25, 0.3) is 0 Å². The minimum atomic E-state index is -1.98. The zero-order valence-electron chi connectivity index (χ0n) is 8.48. The van der Waals surface area contributed by atoms with Crippen molar-refractivity contribution in [3.63, 3.8) is 0 Å². The first-order chi connectivity index (χ1) is 6.83. The lowest BCUT2D eigenvalue weighted by molar-refractivity contribution is 0.228. The molecule has 1 atom stereocenters. The van der Waals surface area contributed by atoms with Crippen LogP contribution in [0, 0.1) is 5.92 Å². The normalized spacial score (nSPS) is 19.0. The molecule has 0 amide bonds. The molecule has 1 fully saturated rings. The van der Waals surface area contributed by atoms with Crippen molar-refractivity contribution in [3.05, 3.63) is 12.8 Å². The molecule has 0 aromatic heterocycles. The van der Waals surface area contributed by atoms with Crippen molar-refractivity contribution < 1.29 is 13.6 Å². The average molecular weight is 217 g/mol. The lowest BCUT2D eigenvalue weighted by Gasteiger charge is -2.19. The van der Waals surface area contributed by atoms with E-state index in [4.69, 9.17) is 4.52 Å². The van der Waals surface area contributed by atoms with Crippen LogP contribution in [0.15, 0.2) is 12.8 Å². The average Bonchev–Trinajstić information content (AvgIpc) is 2.20. The second-order valence-corrected chi connectivity index (χ2v) is 4.54. The Labute approximate surface area is 86.4 Å². The molecular weight excluding hydrogens is 199 g/mol. The van der Waals surface area contributed by atoms with Gasteiger partial charge in [-0.1, -0.05) is 38.7 Å². The van der Waals surface area contributed by atoms with Crippen LogP contribution in [-0.4, -0.2) is 6.61 Å². The van der Waals surface area contributed by atoms with E-state index in [1.165, 1.54) is 32.1 Å². The summed E-state index contributed by atoms with van der Waals surface area (Å²) in [5.41, 5.74) is 0. The van der Waals surface area contributed by atoms with E-state index in [2.05, 4.69) is 11.1 Å². The van der Waals surface area contributed by atoms with E-state index in [1.54, 1.807) is 0 Å². The summed E-state index contributed by atoms with van der Waals surface area (Å²) < 4.78 is 20.5. The first-order valence-electron chi connectivity index (χ1n) is 5.21. The molecule has 0 bridgehead atoms. The van der Waals surface area contributed by atoms with Crippen LogP contribution in [0.1, 0.15) is 38.5 Å². The fraction of sp³-hybridized carbons (Fsp3) is 0.800. The van der Waals surface area contributed by atoms with E-state index in [0.29, 0.717) is 6.61 Å². The molecule has 0 spiro atoms. The Balaban J connectivity index is 2.02. The summed E-state index contributed by atoms with van der Waals surface area (Å²) in [6.07, 6.45) is 8.77. The van der Waals surface area contributed by atoms with Crippen LogP contribution in [-0.2, 0) is 13.6 Å². The Morgan fingerprint density at radius 2 is 2.07 bits per heavy atom. The molecule has 1 rings (SSSR count). The molecule has 0 heterocycles. The van der Waals surface area contributed by atoms with Crippen LogP contribution in [0.25, 0.3) is 0 Å². The summed E-state index contributed by atoms with van der Waals surface area (Å²) in [7, 11) is -1.98. The van der Waals surface area contributed by atoms with Crippen molar-refractivity contribution in [1.29, 1.82) is 0 Å². The summed E-state index contributed by atoms with van der Waals surface area (Å²) in [5.74, 6) is 0.760. The fourth-order valence-corrected chi connectivity index (χ4v) is 2.30. The highest BCUT2D eigenvalue weighted by Crippen LogP contribution is 2.29. The first kappa shape index (κ1) is 11.7. The van der Waals surface area contributed by atoms with E-state index < -0.39 is 8.25 Å². The Hall–Kier alpha value is -0.400. The summed E-state index contributed by atoms with van der Waals surface area (Å²) in [4.78, 5) is 0. The molecule has 3 nitrogen and oxygen atoms in total. The topological polar surface area (TPSA) is 35.5 Å². The van der Waals surface area contributed by atoms with E-state index in [1.807, 2.05) is 0 Å². The zero-order chi connectivity index (χ0) is 10.2. The highest BCUT2D eigenvalue weighted by Gasteiger charge is 2.20. The maximum Gasteiger partial charge on any atom is 0.749 e. The standard InChI is InChI=1S/C10H18O3P/c1-2-12-14(11)13-9-8-10-6-4-3-5-7-10/h2,10H,1,3-9H2/q+1. The smallest absolute Gasteiger partial charge is 0.238 e. The van der Waals surface area contributed by atoms with Crippen LogP contribution >= 0.6 is 8.25 Å². The molecule has 0 N–H and O–H groups in total. The highest BCUT2D eigenvalue weighted by atomic mass is 31.1. The van der Waals surface area contributed by atoms with E-state index >= 15 is 0 Å². The van der Waals surface area contributed by atoms with Gasteiger partial charge in [-0.05, 0) is 12.3 Å². The summed E-state index contributed by atoms with van der Waals surface area (Å²) in [6.45, 7) is 3.85. The summed E-state index contributed by atoms with van der Waals surface area (Å²) >= 11 is 0. The van der Waals surface area contributed by atoms with Crippen LogP contribution < -0.4 is 0 Å². The van der Waals surface area contributed by atoms with Crippen LogP contribution in [0.2, 0.25) is 0 Å². The van der Waals surface area contributed by atoms with E-state index in [-0.39, 0.29) is 0 Å². The van der Waals surface area contributed by atoms with Crippen LogP contribution in [0.3, 0.4) is 0 Å². The SMILES string of the molecule is C=CO[P+](=O)OCCC1CCCCC1.